The zero-order valence-electron chi connectivity index (χ0n) is 15.6. The van der Waals surface area contributed by atoms with Gasteiger partial charge in [-0.25, -0.2) is 0 Å². The number of hydrogen-bond donors (Lipinski definition) is 1. The van der Waals surface area contributed by atoms with E-state index in [9.17, 15) is 18.0 Å². The minimum absolute atomic E-state index is 0.313. The summed E-state index contributed by atoms with van der Waals surface area (Å²) in [5.74, 6) is -3.23. The lowest BCUT2D eigenvalue weighted by atomic mass is 9.84. The van der Waals surface area contributed by atoms with Crippen LogP contribution < -0.4 is 0 Å². The maximum atomic E-state index is 13.6. The highest BCUT2D eigenvalue weighted by molar-refractivity contribution is 6.02. The molecule has 0 aliphatic rings. The number of ketones is 1. The molecule has 4 aromatic rings. The number of H-pyrrole nitrogens is 1. The van der Waals surface area contributed by atoms with Gasteiger partial charge in [-0.15, -0.1) is 0 Å². The van der Waals surface area contributed by atoms with Crippen LogP contribution in [0.4, 0.5) is 13.2 Å². The molecule has 3 aromatic carbocycles. The fourth-order valence-corrected chi connectivity index (χ4v) is 3.72. The first-order chi connectivity index (χ1) is 13.9. The van der Waals surface area contributed by atoms with Gasteiger partial charge in [0.1, 0.15) is 0 Å². The third-order valence-corrected chi connectivity index (χ3v) is 5.02. The summed E-state index contributed by atoms with van der Waals surface area (Å²) in [5.41, 5.74) is 3.59. The Morgan fingerprint density at radius 1 is 0.897 bits per heavy atom. The van der Waals surface area contributed by atoms with Crippen molar-refractivity contribution in [1.29, 1.82) is 0 Å². The largest absolute Gasteiger partial charge is 0.450 e. The molecule has 146 valence electrons. The third-order valence-electron chi connectivity index (χ3n) is 5.02. The number of fused-ring (bicyclic) bond motifs is 1. The van der Waals surface area contributed by atoms with Crippen molar-refractivity contribution in [3.63, 3.8) is 0 Å². The Morgan fingerprint density at radius 3 is 2.14 bits per heavy atom. The van der Waals surface area contributed by atoms with Crippen LogP contribution in [0.25, 0.3) is 22.2 Å². The van der Waals surface area contributed by atoms with Crippen LogP contribution >= 0.6 is 0 Å². The number of aryl methyl sites for hydroxylation is 1. The number of carbonyl (C=O) groups excluding carboxylic acids is 1. The Hall–Kier alpha value is -3.34. The zero-order valence-corrected chi connectivity index (χ0v) is 15.6. The van der Waals surface area contributed by atoms with Gasteiger partial charge in [0.05, 0.1) is 11.6 Å². The van der Waals surface area contributed by atoms with E-state index in [0.29, 0.717) is 27.7 Å². The number of rotatable bonds is 4. The second kappa shape index (κ2) is 7.24. The number of carbonyl (C=O) groups is 1. The molecule has 0 fully saturated rings. The fourth-order valence-electron chi connectivity index (χ4n) is 3.72. The van der Waals surface area contributed by atoms with Gasteiger partial charge < -0.3 is 4.98 Å². The molecule has 0 aliphatic heterocycles. The second-order valence-corrected chi connectivity index (χ2v) is 7.03. The van der Waals surface area contributed by atoms with Crippen molar-refractivity contribution in [3.8, 4) is 11.3 Å². The first-order valence-corrected chi connectivity index (χ1v) is 9.20. The molecule has 1 aromatic heterocycles. The molecule has 0 spiro atoms. The number of aromatic amines is 1. The molecule has 1 unspecified atom stereocenters. The average Bonchev–Trinajstić information content (AvgIpc) is 3.07. The van der Waals surface area contributed by atoms with E-state index in [4.69, 9.17) is 0 Å². The summed E-state index contributed by atoms with van der Waals surface area (Å²) in [7, 11) is 0. The molecule has 29 heavy (non-hydrogen) atoms. The van der Waals surface area contributed by atoms with Gasteiger partial charge in [0.25, 0.3) is 0 Å². The van der Waals surface area contributed by atoms with E-state index in [1.165, 1.54) is 0 Å². The molecule has 0 aliphatic carbocycles. The van der Waals surface area contributed by atoms with E-state index in [-0.39, 0.29) is 0 Å². The van der Waals surface area contributed by atoms with Crippen LogP contribution in [0.2, 0.25) is 0 Å². The molecule has 0 radical (unpaired) electrons. The number of benzene rings is 3. The Labute approximate surface area is 166 Å². The minimum Gasteiger partial charge on any atom is -0.354 e. The Morgan fingerprint density at radius 2 is 1.52 bits per heavy atom. The van der Waals surface area contributed by atoms with Gasteiger partial charge in [0, 0.05) is 16.5 Å². The van der Waals surface area contributed by atoms with Gasteiger partial charge >= 0.3 is 6.18 Å². The van der Waals surface area contributed by atoms with Crippen LogP contribution in [-0.2, 0) is 4.79 Å². The number of hydrogen-bond acceptors (Lipinski definition) is 1. The third kappa shape index (κ3) is 3.56. The van der Waals surface area contributed by atoms with Crippen LogP contribution in [0.3, 0.4) is 0 Å². The normalized spacial score (nSPS) is 12.8. The predicted molar refractivity (Wildman–Crippen MR) is 108 cm³/mol. The summed E-state index contributed by atoms with van der Waals surface area (Å²) >= 11 is 0. The van der Waals surface area contributed by atoms with Gasteiger partial charge in [-0.2, -0.15) is 13.2 Å². The SMILES string of the molecule is Cc1ccc2c(C(C(=O)C(F)(F)F)c3ccccc3)c(-c3ccccc3)[nH]c2c1. The summed E-state index contributed by atoms with van der Waals surface area (Å²) in [5, 5.41) is 0.612. The van der Waals surface area contributed by atoms with Crippen molar-refractivity contribution in [2.45, 2.75) is 19.0 Å². The van der Waals surface area contributed by atoms with Gasteiger partial charge in [-0.05, 0) is 29.7 Å². The molecule has 1 heterocycles. The zero-order chi connectivity index (χ0) is 20.6. The van der Waals surface area contributed by atoms with Crippen LogP contribution in [0.1, 0.15) is 22.6 Å². The molecule has 5 heteroatoms. The molecule has 0 bridgehead atoms. The van der Waals surface area contributed by atoms with Crippen LogP contribution in [-0.4, -0.2) is 16.9 Å². The molecular weight excluding hydrogens is 375 g/mol. The highest BCUT2D eigenvalue weighted by Crippen LogP contribution is 2.42. The molecule has 1 atom stereocenters. The topological polar surface area (TPSA) is 32.9 Å². The van der Waals surface area contributed by atoms with Crippen molar-refractivity contribution in [3.05, 3.63) is 95.6 Å². The summed E-state index contributed by atoms with van der Waals surface area (Å²) in [6.07, 6.45) is -4.96. The summed E-state index contributed by atoms with van der Waals surface area (Å²) in [6, 6.07) is 22.8. The Kier molecular flexibility index (Phi) is 4.74. The lowest BCUT2D eigenvalue weighted by Gasteiger charge is -2.20. The molecule has 0 amide bonds. The van der Waals surface area contributed by atoms with E-state index in [0.717, 1.165) is 11.1 Å². The van der Waals surface area contributed by atoms with Crippen molar-refractivity contribution in [2.75, 3.05) is 0 Å². The van der Waals surface area contributed by atoms with Crippen molar-refractivity contribution in [2.24, 2.45) is 0 Å². The highest BCUT2D eigenvalue weighted by Gasteiger charge is 2.46. The molecule has 4 rings (SSSR count). The van der Waals surface area contributed by atoms with E-state index < -0.39 is 17.9 Å². The monoisotopic (exact) mass is 393 g/mol. The first-order valence-electron chi connectivity index (χ1n) is 9.20. The van der Waals surface area contributed by atoms with Crippen LogP contribution in [0.5, 0.6) is 0 Å². The molecule has 2 nitrogen and oxygen atoms in total. The standard InChI is InChI=1S/C24H18F3NO/c1-15-12-13-18-19(14-15)28-22(17-10-6-3-7-11-17)21(18)20(23(29)24(25,26)27)16-8-4-2-5-9-16/h2-14,20,28H,1H3. The number of aromatic nitrogens is 1. The number of alkyl halides is 3. The molecule has 0 saturated carbocycles. The van der Waals surface area contributed by atoms with Gasteiger partial charge in [0.2, 0.25) is 5.78 Å². The maximum absolute atomic E-state index is 13.6. The molecule has 1 N–H and O–H groups in total. The lowest BCUT2D eigenvalue weighted by Crippen LogP contribution is -2.30. The fraction of sp³-hybridized carbons (Fsp3) is 0.125. The van der Waals surface area contributed by atoms with Gasteiger partial charge in [-0.3, -0.25) is 4.79 Å². The molecule has 0 saturated heterocycles. The van der Waals surface area contributed by atoms with Crippen molar-refractivity contribution >= 4 is 16.7 Å². The quantitative estimate of drug-likeness (QED) is 0.427. The molecular formula is C24H18F3NO. The van der Waals surface area contributed by atoms with Crippen LogP contribution in [0, 0.1) is 6.92 Å². The summed E-state index contributed by atoms with van der Waals surface area (Å²) in [4.78, 5) is 15.9. The van der Waals surface area contributed by atoms with E-state index in [1.807, 2.05) is 49.4 Å². The minimum atomic E-state index is -4.96. The summed E-state index contributed by atoms with van der Waals surface area (Å²) < 4.78 is 40.8. The maximum Gasteiger partial charge on any atom is 0.450 e. The Bertz CT molecular complexity index is 1160. The highest BCUT2D eigenvalue weighted by atomic mass is 19.4. The average molecular weight is 393 g/mol. The van der Waals surface area contributed by atoms with Gasteiger partial charge in [-0.1, -0.05) is 72.8 Å². The number of halogens is 3. The van der Waals surface area contributed by atoms with Gasteiger partial charge in [0.15, 0.2) is 0 Å². The Balaban J connectivity index is 2.06. The smallest absolute Gasteiger partial charge is 0.354 e. The van der Waals surface area contributed by atoms with Crippen molar-refractivity contribution in [1.82, 2.24) is 4.98 Å². The first kappa shape index (κ1) is 19.0. The predicted octanol–water partition coefficient (Wildman–Crippen LogP) is 6.41. The van der Waals surface area contributed by atoms with Crippen molar-refractivity contribution < 1.29 is 18.0 Å². The van der Waals surface area contributed by atoms with Crippen LogP contribution in [0.15, 0.2) is 78.9 Å². The number of Topliss-reactive ketones (excluding diaryl/α,β-unsaturated/α-hetero) is 1. The van der Waals surface area contributed by atoms with E-state index in [2.05, 4.69) is 4.98 Å². The number of nitrogens with one attached hydrogen (secondary N) is 1. The summed E-state index contributed by atoms with van der Waals surface area (Å²) in [6.45, 7) is 1.91. The van der Waals surface area contributed by atoms with E-state index >= 15 is 0 Å². The van der Waals surface area contributed by atoms with E-state index in [1.54, 1.807) is 36.4 Å². The second-order valence-electron chi connectivity index (χ2n) is 7.03. The lowest BCUT2D eigenvalue weighted by molar-refractivity contribution is -0.171.